The van der Waals surface area contributed by atoms with Crippen molar-refractivity contribution in [2.24, 2.45) is 5.10 Å². The Hall–Kier alpha value is -3.96. The molecule has 11 nitrogen and oxygen atoms in total. The normalized spacial score (nSPS) is 16.2. The van der Waals surface area contributed by atoms with E-state index in [1.54, 1.807) is 38.1 Å². The number of urea groups is 1. The molecule has 12 heteroatoms. The van der Waals surface area contributed by atoms with Crippen molar-refractivity contribution in [1.82, 2.24) is 16.1 Å². The van der Waals surface area contributed by atoms with Crippen LogP contribution in [0.25, 0.3) is 0 Å². The first-order chi connectivity index (χ1) is 17.2. The molecule has 2 aromatic carbocycles. The van der Waals surface area contributed by atoms with E-state index in [1.807, 2.05) is 0 Å². The molecule has 0 saturated carbocycles. The molecule has 1 aliphatic rings. The van der Waals surface area contributed by atoms with Crippen molar-refractivity contribution in [1.29, 1.82) is 0 Å². The van der Waals surface area contributed by atoms with Gasteiger partial charge in [-0.3, -0.25) is 5.43 Å². The van der Waals surface area contributed by atoms with Gasteiger partial charge in [0.25, 0.3) is 0 Å². The van der Waals surface area contributed by atoms with E-state index in [0.717, 1.165) is 0 Å². The molecule has 0 aliphatic carbocycles. The summed E-state index contributed by atoms with van der Waals surface area (Å²) < 4.78 is 16.2. The van der Waals surface area contributed by atoms with Gasteiger partial charge in [-0.25, -0.2) is 9.59 Å². The summed E-state index contributed by atoms with van der Waals surface area (Å²) in [5, 5.41) is 29.6. The highest BCUT2D eigenvalue weighted by atomic mass is 35.5. The molecule has 0 aromatic heterocycles. The minimum Gasteiger partial charge on any atom is -0.507 e. The molecule has 192 valence electrons. The maximum absolute atomic E-state index is 12.3. The Labute approximate surface area is 212 Å². The van der Waals surface area contributed by atoms with Crippen LogP contribution in [0.5, 0.6) is 17.2 Å². The minimum absolute atomic E-state index is 0.0116. The third-order valence-electron chi connectivity index (χ3n) is 5.09. The SMILES string of the molecule is CCOc1cc([C@@H]2NC(=O)NC(C)=C2C(=O)OC)ccc1OC[C@@H](O)N/N=C\c1cc(Cl)ccc1O. The third kappa shape index (κ3) is 6.58. The smallest absolute Gasteiger partial charge is 0.337 e. The van der Waals surface area contributed by atoms with Gasteiger partial charge in [0.15, 0.2) is 17.7 Å². The standard InChI is InChI=1S/C24H27ClN4O7/c1-4-35-19-10-14(22-21(23(32)34-3)13(2)27-24(33)28-22)5-8-18(19)36-12-20(31)29-26-11-15-9-16(25)6-7-17(15)30/h5-11,20,22,29-31H,4,12H2,1-3H3,(H2,27,28,33)/b26-11-/t20-,22+/m1/s1. The largest absolute Gasteiger partial charge is 0.507 e. The van der Waals surface area contributed by atoms with Gasteiger partial charge in [-0.05, 0) is 49.7 Å². The second-order valence-corrected chi connectivity index (χ2v) is 8.05. The Morgan fingerprint density at radius 3 is 2.75 bits per heavy atom. The van der Waals surface area contributed by atoms with E-state index >= 15 is 0 Å². The zero-order valence-electron chi connectivity index (χ0n) is 19.9. The van der Waals surface area contributed by atoms with Crippen LogP contribution < -0.4 is 25.5 Å². The summed E-state index contributed by atoms with van der Waals surface area (Å²) in [6.45, 7) is 3.55. The van der Waals surface area contributed by atoms with Crippen LogP contribution in [0.15, 0.2) is 52.8 Å². The van der Waals surface area contributed by atoms with E-state index in [4.69, 9.17) is 25.8 Å². The Kier molecular flexibility index (Phi) is 8.98. The summed E-state index contributed by atoms with van der Waals surface area (Å²) in [5.41, 5.74) is 4.08. The number of halogens is 1. The molecule has 0 bridgehead atoms. The monoisotopic (exact) mass is 518 g/mol. The van der Waals surface area contributed by atoms with Gasteiger partial charge in [0.2, 0.25) is 0 Å². The highest BCUT2D eigenvalue weighted by Crippen LogP contribution is 2.34. The predicted molar refractivity (Wildman–Crippen MR) is 132 cm³/mol. The zero-order valence-corrected chi connectivity index (χ0v) is 20.6. The summed E-state index contributed by atoms with van der Waals surface area (Å²) in [5.74, 6) is 0.0919. The number of ether oxygens (including phenoxy) is 3. The Morgan fingerprint density at radius 2 is 2.03 bits per heavy atom. The van der Waals surface area contributed by atoms with E-state index in [1.165, 1.54) is 25.5 Å². The zero-order chi connectivity index (χ0) is 26.2. The van der Waals surface area contributed by atoms with Gasteiger partial charge in [0.1, 0.15) is 12.4 Å². The fourth-order valence-corrected chi connectivity index (χ4v) is 3.62. The summed E-state index contributed by atoms with van der Waals surface area (Å²) in [6.07, 6.45) is 0.129. The third-order valence-corrected chi connectivity index (χ3v) is 5.32. The topological polar surface area (TPSA) is 151 Å². The van der Waals surface area contributed by atoms with E-state index in [9.17, 15) is 19.8 Å². The van der Waals surface area contributed by atoms with Gasteiger partial charge >= 0.3 is 12.0 Å². The highest BCUT2D eigenvalue weighted by Gasteiger charge is 2.32. The number of hydrogen-bond acceptors (Lipinski definition) is 9. The molecular formula is C24H27ClN4O7. The summed E-state index contributed by atoms with van der Waals surface area (Å²) >= 11 is 5.90. The molecule has 2 aromatic rings. The number of nitrogens with one attached hydrogen (secondary N) is 3. The number of esters is 1. The number of methoxy groups -OCH3 is 1. The van der Waals surface area contributed by atoms with Crippen molar-refractivity contribution in [3.8, 4) is 17.2 Å². The van der Waals surface area contributed by atoms with Gasteiger partial charge in [-0.2, -0.15) is 5.10 Å². The molecule has 2 amide bonds. The minimum atomic E-state index is -1.18. The quantitative estimate of drug-likeness (QED) is 0.139. The summed E-state index contributed by atoms with van der Waals surface area (Å²) in [6, 6.07) is 8.21. The number of carbonyl (C=O) groups excluding carboxylic acids is 2. The van der Waals surface area contributed by atoms with E-state index in [0.29, 0.717) is 40.0 Å². The average molecular weight is 519 g/mol. The van der Waals surface area contributed by atoms with Crippen molar-refractivity contribution >= 4 is 29.8 Å². The van der Waals surface area contributed by atoms with E-state index < -0.39 is 24.3 Å². The molecule has 36 heavy (non-hydrogen) atoms. The van der Waals surface area contributed by atoms with Crippen molar-refractivity contribution in [2.75, 3.05) is 20.3 Å². The lowest BCUT2D eigenvalue weighted by atomic mass is 9.95. The lowest BCUT2D eigenvalue weighted by molar-refractivity contribution is -0.136. The van der Waals surface area contributed by atoms with Crippen molar-refractivity contribution < 1.29 is 34.0 Å². The number of nitrogens with zero attached hydrogens (tertiary/aromatic N) is 1. The van der Waals surface area contributed by atoms with Gasteiger partial charge in [-0.1, -0.05) is 17.7 Å². The van der Waals surface area contributed by atoms with Crippen LogP contribution in [0, 0.1) is 0 Å². The lowest BCUT2D eigenvalue weighted by Crippen LogP contribution is -2.45. The van der Waals surface area contributed by atoms with E-state index in [2.05, 4.69) is 21.2 Å². The van der Waals surface area contributed by atoms with Crippen LogP contribution in [0.3, 0.4) is 0 Å². The Bertz CT molecular complexity index is 1190. The van der Waals surface area contributed by atoms with E-state index in [-0.39, 0.29) is 17.9 Å². The average Bonchev–Trinajstić information content (AvgIpc) is 2.84. The number of allylic oxidation sites excluding steroid dienone is 1. The first-order valence-electron chi connectivity index (χ1n) is 10.9. The molecule has 2 atom stereocenters. The summed E-state index contributed by atoms with van der Waals surface area (Å²) in [7, 11) is 1.26. The van der Waals surface area contributed by atoms with Crippen LogP contribution in [0.4, 0.5) is 4.79 Å². The van der Waals surface area contributed by atoms with Crippen molar-refractivity contribution in [2.45, 2.75) is 26.1 Å². The fourth-order valence-electron chi connectivity index (χ4n) is 3.44. The Morgan fingerprint density at radius 1 is 1.25 bits per heavy atom. The second kappa shape index (κ2) is 12.1. The molecule has 0 radical (unpaired) electrons. The number of benzene rings is 2. The van der Waals surface area contributed by atoms with Gasteiger partial charge in [0, 0.05) is 16.3 Å². The number of hydrogen-bond donors (Lipinski definition) is 5. The summed E-state index contributed by atoms with van der Waals surface area (Å²) in [4.78, 5) is 24.4. The first-order valence-corrected chi connectivity index (χ1v) is 11.3. The number of aliphatic hydroxyl groups is 1. The van der Waals surface area contributed by atoms with Gasteiger partial charge < -0.3 is 35.1 Å². The van der Waals surface area contributed by atoms with Crippen LogP contribution in [-0.4, -0.2) is 55.0 Å². The van der Waals surface area contributed by atoms with Crippen molar-refractivity contribution in [3.63, 3.8) is 0 Å². The molecule has 3 rings (SSSR count). The predicted octanol–water partition coefficient (Wildman–Crippen LogP) is 2.57. The number of hydrazone groups is 1. The number of aromatic hydroxyl groups is 1. The molecule has 0 unspecified atom stereocenters. The molecule has 1 heterocycles. The highest BCUT2D eigenvalue weighted by molar-refractivity contribution is 6.30. The van der Waals surface area contributed by atoms with Crippen LogP contribution in [0.1, 0.15) is 31.0 Å². The van der Waals surface area contributed by atoms with Crippen molar-refractivity contribution in [3.05, 3.63) is 63.8 Å². The Balaban J connectivity index is 1.72. The number of amides is 2. The molecule has 0 fully saturated rings. The lowest BCUT2D eigenvalue weighted by Gasteiger charge is -2.28. The number of carbonyl (C=O) groups is 2. The molecule has 0 saturated heterocycles. The van der Waals surface area contributed by atoms with Gasteiger partial charge in [-0.15, -0.1) is 0 Å². The first kappa shape index (κ1) is 26.6. The van der Waals surface area contributed by atoms with Gasteiger partial charge in [0.05, 0.1) is 31.5 Å². The molecular weight excluding hydrogens is 492 g/mol. The number of phenolic OH excluding ortho intramolecular Hbond substituents is 1. The molecule has 5 N–H and O–H groups in total. The second-order valence-electron chi connectivity index (χ2n) is 7.62. The molecule has 1 aliphatic heterocycles. The fraction of sp³-hybridized carbons (Fsp3) is 0.292. The number of aliphatic hydroxyl groups excluding tert-OH is 1. The van der Waals surface area contributed by atoms with Crippen LogP contribution >= 0.6 is 11.6 Å². The van der Waals surface area contributed by atoms with Crippen LogP contribution in [0.2, 0.25) is 5.02 Å². The maximum Gasteiger partial charge on any atom is 0.337 e. The molecule has 0 spiro atoms. The number of phenols is 1. The van der Waals surface area contributed by atoms with Crippen LogP contribution in [-0.2, 0) is 9.53 Å². The maximum atomic E-state index is 12.3. The number of rotatable bonds is 10.